The van der Waals surface area contributed by atoms with Crippen LogP contribution < -0.4 is 0 Å². The quantitative estimate of drug-likeness (QED) is 0.462. The van der Waals surface area contributed by atoms with Crippen molar-refractivity contribution in [2.45, 2.75) is 10.1 Å². The van der Waals surface area contributed by atoms with E-state index in [0.717, 1.165) is 11.3 Å². The first-order valence-electron chi connectivity index (χ1n) is 7.54. The molecule has 0 N–H and O–H groups in total. The van der Waals surface area contributed by atoms with Gasteiger partial charge in [-0.3, -0.25) is 0 Å². The van der Waals surface area contributed by atoms with E-state index < -0.39 is 9.84 Å². The Balaban J connectivity index is 1.66. The van der Waals surface area contributed by atoms with E-state index in [4.69, 9.17) is 11.6 Å². The van der Waals surface area contributed by atoms with Gasteiger partial charge in [0.1, 0.15) is 0 Å². The van der Waals surface area contributed by atoms with Crippen LogP contribution in [0.5, 0.6) is 0 Å². The zero-order valence-electron chi connectivity index (χ0n) is 13.2. The van der Waals surface area contributed by atoms with Gasteiger partial charge < -0.3 is 0 Å². The Morgan fingerprint density at radius 1 is 0.960 bits per heavy atom. The minimum atomic E-state index is -3.29. The summed E-state index contributed by atoms with van der Waals surface area (Å²) in [5, 5.41) is 1.22. The van der Waals surface area contributed by atoms with Crippen LogP contribution in [-0.2, 0) is 9.84 Å². The second kappa shape index (κ2) is 7.99. The summed E-state index contributed by atoms with van der Waals surface area (Å²) >= 11 is 7.22. The molecule has 1 aromatic heterocycles. The summed E-state index contributed by atoms with van der Waals surface area (Å²) in [6.07, 6.45) is 1.67. The Hall–Kier alpha value is -1.89. The number of nitrogens with zero attached hydrogens (tertiary/aromatic N) is 2. The van der Waals surface area contributed by atoms with Crippen LogP contribution in [0.3, 0.4) is 0 Å². The summed E-state index contributed by atoms with van der Waals surface area (Å²) in [6.45, 7) is 0. The van der Waals surface area contributed by atoms with Crippen LogP contribution in [-0.4, -0.2) is 29.9 Å². The zero-order chi connectivity index (χ0) is 17.7. The minimum Gasteiger partial charge on any atom is -0.231 e. The second-order valence-electron chi connectivity index (χ2n) is 5.21. The number of thioether (sulfide) groups is 1. The third-order valence-electron chi connectivity index (χ3n) is 3.46. The van der Waals surface area contributed by atoms with Gasteiger partial charge in [-0.15, -0.1) is 0 Å². The van der Waals surface area contributed by atoms with Crippen molar-refractivity contribution in [2.24, 2.45) is 0 Å². The maximum atomic E-state index is 12.3. The maximum Gasteiger partial charge on any atom is 0.188 e. The van der Waals surface area contributed by atoms with Crippen molar-refractivity contribution < 1.29 is 8.42 Å². The van der Waals surface area contributed by atoms with E-state index in [2.05, 4.69) is 9.97 Å². The molecule has 0 bridgehead atoms. The third kappa shape index (κ3) is 4.81. The molecule has 0 aliphatic carbocycles. The van der Waals surface area contributed by atoms with Crippen LogP contribution in [0.4, 0.5) is 0 Å². The van der Waals surface area contributed by atoms with Gasteiger partial charge in [-0.05, 0) is 30.3 Å². The van der Waals surface area contributed by atoms with E-state index >= 15 is 0 Å². The molecule has 0 unspecified atom stereocenters. The normalized spacial score (nSPS) is 11.4. The standard InChI is InChI=1S/C18H15ClN2O2S2/c19-15-8-6-14(7-9-15)17-10-11-20-18(21-17)24-12-13-25(22,23)16-4-2-1-3-5-16/h1-11H,12-13H2. The highest BCUT2D eigenvalue weighted by molar-refractivity contribution is 8.00. The molecule has 0 aliphatic rings. The highest BCUT2D eigenvalue weighted by atomic mass is 35.5. The first kappa shape index (κ1) is 17.9. The molecule has 1 heterocycles. The lowest BCUT2D eigenvalue weighted by molar-refractivity contribution is 0.597. The van der Waals surface area contributed by atoms with Gasteiger partial charge in [0, 0.05) is 22.5 Å². The Kier molecular flexibility index (Phi) is 5.73. The van der Waals surface area contributed by atoms with Crippen molar-refractivity contribution in [1.82, 2.24) is 9.97 Å². The number of hydrogen-bond donors (Lipinski definition) is 0. The zero-order valence-corrected chi connectivity index (χ0v) is 15.6. The fourth-order valence-corrected chi connectivity index (χ4v) is 4.81. The highest BCUT2D eigenvalue weighted by Crippen LogP contribution is 2.22. The molecule has 3 aromatic rings. The van der Waals surface area contributed by atoms with Gasteiger partial charge >= 0.3 is 0 Å². The summed E-state index contributed by atoms with van der Waals surface area (Å²) in [4.78, 5) is 9.02. The van der Waals surface area contributed by atoms with Gasteiger partial charge in [0.05, 0.1) is 16.3 Å². The Morgan fingerprint density at radius 3 is 2.40 bits per heavy atom. The van der Waals surface area contributed by atoms with Gasteiger partial charge in [-0.25, -0.2) is 18.4 Å². The number of rotatable bonds is 6. The third-order valence-corrected chi connectivity index (χ3v) is 6.56. The summed E-state index contributed by atoms with van der Waals surface area (Å²) in [7, 11) is -3.29. The molecule has 0 spiro atoms. The van der Waals surface area contributed by atoms with Crippen molar-refractivity contribution in [3.05, 3.63) is 71.9 Å². The van der Waals surface area contributed by atoms with E-state index in [9.17, 15) is 8.42 Å². The predicted molar refractivity (Wildman–Crippen MR) is 102 cm³/mol. The molecule has 4 nitrogen and oxygen atoms in total. The molecule has 0 saturated heterocycles. The molecule has 7 heteroatoms. The lowest BCUT2D eigenvalue weighted by Gasteiger charge is -2.05. The number of benzene rings is 2. The Bertz CT molecular complexity index is 946. The van der Waals surface area contributed by atoms with Crippen LogP contribution in [0.2, 0.25) is 5.02 Å². The smallest absolute Gasteiger partial charge is 0.188 e. The number of hydrogen-bond acceptors (Lipinski definition) is 5. The highest BCUT2D eigenvalue weighted by Gasteiger charge is 2.14. The number of halogens is 1. The van der Waals surface area contributed by atoms with Crippen molar-refractivity contribution in [3.8, 4) is 11.3 Å². The van der Waals surface area contributed by atoms with Crippen LogP contribution in [0.1, 0.15) is 0 Å². The molecule has 0 radical (unpaired) electrons. The average molecular weight is 391 g/mol. The van der Waals surface area contributed by atoms with E-state index in [1.54, 1.807) is 48.7 Å². The van der Waals surface area contributed by atoms with Crippen molar-refractivity contribution in [1.29, 1.82) is 0 Å². The topological polar surface area (TPSA) is 59.9 Å². The number of sulfone groups is 1. The van der Waals surface area contributed by atoms with Crippen LogP contribution in [0.15, 0.2) is 76.9 Å². The molecule has 25 heavy (non-hydrogen) atoms. The summed E-state index contributed by atoms with van der Waals surface area (Å²) in [6, 6.07) is 17.7. The molecule has 128 valence electrons. The van der Waals surface area contributed by atoms with Gasteiger partial charge in [0.2, 0.25) is 0 Å². The fraction of sp³-hybridized carbons (Fsp3) is 0.111. The Morgan fingerprint density at radius 2 is 1.68 bits per heavy atom. The first-order chi connectivity index (χ1) is 12.0. The summed E-state index contributed by atoms with van der Waals surface area (Å²) in [5.41, 5.74) is 1.71. The molecule has 0 fully saturated rings. The molecular formula is C18H15ClN2O2S2. The van der Waals surface area contributed by atoms with Crippen molar-refractivity contribution in [3.63, 3.8) is 0 Å². The summed E-state index contributed by atoms with van der Waals surface area (Å²) in [5.74, 6) is 0.428. The molecule has 3 rings (SSSR count). The Labute approximate surface area is 156 Å². The molecule has 0 amide bonds. The lowest BCUT2D eigenvalue weighted by atomic mass is 10.1. The summed E-state index contributed by atoms with van der Waals surface area (Å²) < 4.78 is 24.6. The largest absolute Gasteiger partial charge is 0.231 e. The van der Waals surface area contributed by atoms with Crippen LogP contribution in [0.25, 0.3) is 11.3 Å². The van der Waals surface area contributed by atoms with Crippen molar-refractivity contribution in [2.75, 3.05) is 11.5 Å². The SMILES string of the molecule is O=S(=O)(CCSc1nccc(-c2ccc(Cl)cc2)n1)c1ccccc1. The molecule has 0 aliphatic heterocycles. The van der Waals surface area contributed by atoms with Gasteiger partial charge in [-0.2, -0.15) is 0 Å². The molecule has 2 aromatic carbocycles. The molecular weight excluding hydrogens is 376 g/mol. The van der Waals surface area contributed by atoms with Gasteiger partial charge in [-0.1, -0.05) is 53.7 Å². The van der Waals surface area contributed by atoms with E-state index in [1.807, 2.05) is 18.2 Å². The maximum absolute atomic E-state index is 12.3. The molecule has 0 saturated carbocycles. The van der Waals surface area contributed by atoms with Crippen molar-refractivity contribution >= 4 is 33.2 Å². The minimum absolute atomic E-state index is 0.0379. The average Bonchev–Trinajstić information content (AvgIpc) is 2.63. The molecule has 0 atom stereocenters. The second-order valence-corrected chi connectivity index (χ2v) is 8.82. The first-order valence-corrected chi connectivity index (χ1v) is 10.6. The predicted octanol–water partition coefficient (Wildman–Crippen LogP) is 4.36. The van der Waals surface area contributed by atoms with Gasteiger partial charge in [0.25, 0.3) is 0 Å². The van der Waals surface area contributed by atoms with Crippen LogP contribution >= 0.6 is 23.4 Å². The van der Waals surface area contributed by atoms with E-state index in [-0.39, 0.29) is 5.75 Å². The van der Waals surface area contributed by atoms with E-state index in [0.29, 0.717) is 20.8 Å². The van der Waals surface area contributed by atoms with Gasteiger partial charge in [0.15, 0.2) is 15.0 Å². The lowest BCUT2D eigenvalue weighted by Crippen LogP contribution is -2.09. The van der Waals surface area contributed by atoms with E-state index in [1.165, 1.54) is 11.8 Å². The monoisotopic (exact) mass is 390 g/mol. The number of aromatic nitrogens is 2. The fourth-order valence-electron chi connectivity index (χ4n) is 2.18. The van der Waals surface area contributed by atoms with Crippen LogP contribution in [0, 0.1) is 0 Å².